The summed E-state index contributed by atoms with van der Waals surface area (Å²) in [6.45, 7) is 2.40. The molecule has 0 aromatic rings. The molecule has 0 aromatic heterocycles. The molecule has 0 N–H and O–H groups in total. The molecule has 0 spiro atoms. The summed E-state index contributed by atoms with van der Waals surface area (Å²) in [5.41, 5.74) is 0.504. The van der Waals surface area contributed by atoms with Crippen LogP contribution in [0.5, 0.6) is 0 Å². The quantitative estimate of drug-likeness (QED) is 0.377. The van der Waals surface area contributed by atoms with E-state index in [-0.39, 0.29) is 0 Å². The van der Waals surface area contributed by atoms with Crippen molar-refractivity contribution in [3.63, 3.8) is 0 Å². The van der Waals surface area contributed by atoms with Gasteiger partial charge in [-0.25, -0.2) is 0 Å². The predicted octanol–water partition coefficient (Wildman–Crippen LogP) is 4.30. The Hall–Kier alpha value is 0.220. The van der Waals surface area contributed by atoms with Crippen LogP contribution in [-0.4, -0.2) is 5.33 Å². The van der Waals surface area contributed by atoms with Gasteiger partial charge in [0.25, 0.3) is 0 Å². The minimum absolute atomic E-state index is 0.504. The summed E-state index contributed by atoms with van der Waals surface area (Å²) in [7, 11) is 0. The van der Waals surface area contributed by atoms with E-state index < -0.39 is 0 Å². The van der Waals surface area contributed by atoms with E-state index in [0.29, 0.717) is 5.41 Å². The summed E-state index contributed by atoms with van der Waals surface area (Å²) in [5.74, 6) is 0. The van der Waals surface area contributed by atoms with E-state index in [0.717, 1.165) is 5.33 Å². The van der Waals surface area contributed by atoms with Crippen LogP contribution < -0.4 is 0 Å². The Morgan fingerprint density at radius 1 is 1.17 bits per heavy atom. The standard InChI is InChI=1S/C11H19Br/c1-11(9-6-10-12)7-4-2-3-5-8-11/h6,9H,2-5,7-8,10H2,1H3/b9-6+. The van der Waals surface area contributed by atoms with E-state index >= 15 is 0 Å². The average molecular weight is 231 g/mol. The highest BCUT2D eigenvalue weighted by molar-refractivity contribution is 9.09. The smallest absolute Gasteiger partial charge is 0.0212 e. The van der Waals surface area contributed by atoms with Gasteiger partial charge in [0.1, 0.15) is 0 Å². The first-order valence-electron chi connectivity index (χ1n) is 5.00. The molecule has 0 aliphatic heterocycles. The first kappa shape index (κ1) is 10.3. The van der Waals surface area contributed by atoms with Crippen LogP contribution in [0.2, 0.25) is 0 Å². The van der Waals surface area contributed by atoms with Crippen LogP contribution in [0.15, 0.2) is 12.2 Å². The molecule has 1 rings (SSSR count). The van der Waals surface area contributed by atoms with Crippen LogP contribution in [0.3, 0.4) is 0 Å². The largest absolute Gasteiger partial charge is 0.0883 e. The predicted molar refractivity (Wildman–Crippen MR) is 58.7 cm³/mol. The van der Waals surface area contributed by atoms with Crippen molar-refractivity contribution in [2.75, 3.05) is 5.33 Å². The van der Waals surface area contributed by atoms with Crippen LogP contribution in [0, 0.1) is 5.41 Å². The van der Waals surface area contributed by atoms with Gasteiger partial charge in [0.05, 0.1) is 0 Å². The summed E-state index contributed by atoms with van der Waals surface area (Å²) in [6, 6.07) is 0. The summed E-state index contributed by atoms with van der Waals surface area (Å²) in [4.78, 5) is 0. The Balaban J connectivity index is 2.48. The Morgan fingerprint density at radius 2 is 1.75 bits per heavy atom. The number of rotatable bonds is 2. The molecule has 0 unspecified atom stereocenters. The van der Waals surface area contributed by atoms with Gasteiger partial charge in [-0.05, 0) is 18.3 Å². The van der Waals surface area contributed by atoms with Crippen molar-refractivity contribution in [2.24, 2.45) is 5.41 Å². The van der Waals surface area contributed by atoms with E-state index in [9.17, 15) is 0 Å². The topological polar surface area (TPSA) is 0 Å². The maximum absolute atomic E-state index is 3.43. The van der Waals surface area contributed by atoms with Gasteiger partial charge in [-0.1, -0.05) is 60.7 Å². The van der Waals surface area contributed by atoms with Gasteiger partial charge < -0.3 is 0 Å². The lowest BCUT2D eigenvalue weighted by Gasteiger charge is -2.23. The minimum Gasteiger partial charge on any atom is -0.0883 e. The molecule has 1 saturated carbocycles. The molecule has 0 aromatic carbocycles. The molecule has 1 heteroatoms. The van der Waals surface area contributed by atoms with Gasteiger partial charge in [-0.3, -0.25) is 0 Å². The molecule has 0 heterocycles. The van der Waals surface area contributed by atoms with E-state index in [1.54, 1.807) is 0 Å². The highest BCUT2D eigenvalue weighted by atomic mass is 79.9. The molecule has 12 heavy (non-hydrogen) atoms. The Labute approximate surface area is 84.6 Å². The van der Waals surface area contributed by atoms with Crippen molar-refractivity contribution in [1.29, 1.82) is 0 Å². The van der Waals surface area contributed by atoms with E-state index in [2.05, 4.69) is 35.0 Å². The Bertz CT molecular complexity index is 141. The molecular weight excluding hydrogens is 212 g/mol. The van der Waals surface area contributed by atoms with Crippen LogP contribution in [-0.2, 0) is 0 Å². The third-order valence-corrected chi connectivity index (χ3v) is 3.23. The summed E-state index contributed by atoms with van der Waals surface area (Å²) in [5, 5.41) is 1.00. The molecule has 0 amide bonds. The third kappa shape index (κ3) is 3.30. The minimum atomic E-state index is 0.504. The average Bonchev–Trinajstić information content (AvgIpc) is 2.27. The maximum Gasteiger partial charge on any atom is 0.0212 e. The number of hydrogen-bond acceptors (Lipinski definition) is 0. The van der Waals surface area contributed by atoms with Gasteiger partial charge in [0.2, 0.25) is 0 Å². The molecule has 70 valence electrons. The molecule has 1 aliphatic rings. The summed E-state index contributed by atoms with van der Waals surface area (Å²) in [6.07, 6.45) is 13.2. The van der Waals surface area contributed by atoms with Gasteiger partial charge >= 0.3 is 0 Å². The first-order chi connectivity index (χ1) is 5.77. The van der Waals surface area contributed by atoms with Crippen molar-refractivity contribution in [1.82, 2.24) is 0 Å². The van der Waals surface area contributed by atoms with Gasteiger partial charge in [-0.15, -0.1) is 0 Å². The Morgan fingerprint density at radius 3 is 2.25 bits per heavy atom. The maximum atomic E-state index is 3.43. The lowest BCUT2D eigenvalue weighted by molar-refractivity contribution is 0.368. The summed E-state index contributed by atoms with van der Waals surface area (Å²) >= 11 is 3.43. The molecular formula is C11H19Br. The molecule has 1 fully saturated rings. The zero-order valence-corrected chi connectivity index (χ0v) is 9.57. The van der Waals surface area contributed by atoms with Gasteiger partial charge in [0.15, 0.2) is 0 Å². The SMILES string of the molecule is CC1(/C=C/CBr)CCCCCC1. The molecule has 0 atom stereocenters. The molecule has 0 radical (unpaired) electrons. The van der Waals surface area contributed by atoms with E-state index in [1.807, 2.05) is 0 Å². The third-order valence-electron chi connectivity index (χ3n) is 2.86. The first-order valence-corrected chi connectivity index (χ1v) is 6.13. The van der Waals surface area contributed by atoms with Crippen LogP contribution in [0.25, 0.3) is 0 Å². The molecule has 1 aliphatic carbocycles. The second kappa shape index (κ2) is 5.06. The van der Waals surface area contributed by atoms with Gasteiger partial charge in [0, 0.05) is 5.33 Å². The zero-order chi connectivity index (χ0) is 8.86. The van der Waals surface area contributed by atoms with Crippen molar-refractivity contribution in [3.8, 4) is 0 Å². The highest BCUT2D eigenvalue weighted by Crippen LogP contribution is 2.35. The lowest BCUT2D eigenvalue weighted by Crippen LogP contribution is -2.11. The van der Waals surface area contributed by atoms with Crippen molar-refractivity contribution in [2.45, 2.75) is 45.4 Å². The normalized spacial score (nSPS) is 24.2. The molecule has 0 saturated heterocycles. The fourth-order valence-corrected chi connectivity index (χ4v) is 2.22. The second-order valence-electron chi connectivity index (χ2n) is 4.12. The Kier molecular flexibility index (Phi) is 4.34. The van der Waals surface area contributed by atoms with Gasteiger partial charge in [-0.2, -0.15) is 0 Å². The fraction of sp³-hybridized carbons (Fsp3) is 0.818. The van der Waals surface area contributed by atoms with E-state index in [1.165, 1.54) is 38.5 Å². The van der Waals surface area contributed by atoms with Crippen LogP contribution in [0.4, 0.5) is 0 Å². The van der Waals surface area contributed by atoms with Crippen LogP contribution >= 0.6 is 15.9 Å². The number of hydrogen-bond donors (Lipinski definition) is 0. The monoisotopic (exact) mass is 230 g/mol. The molecule has 0 nitrogen and oxygen atoms in total. The molecule has 0 bridgehead atoms. The van der Waals surface area contributed by atoms with Crippen molar-refractivity contribution < 1.29 is 0 Å². The second-order valence-corrected chi connectivity index (χ2v) is 4.77. The highest BCUT2D eigenvalue weighted by Gasteiger charge is 2.21. The number of alkyl halides is 1. The summed E-state index contributed by atoms with van der Waals surface area (Å²) < 4.78 is 0. The number of halogens is 1. The number of allylic oxidation sites excluding steroid dienone is 2. The fourth-order valence-electron chi connectivity index (χ4n) is 2.03. The lowest BCUT2D eigenvalue weighted by atomic mass is 9.82. The van der Waals surface area contributed by atoms with Crippen LogP contribution in [0.1, 0.15) is 45.4 Å². The zero-order valence-electron chi connectivity index (χ0n) is 7.98. The van der Waals surface area contributed by atoms with E-state index in [4.69, 9.17) is 0 Å². The van der Waals surface area contributed by atoms with Crippen molar-refractivity contribution in [3.05, 3.63) is 12.2 Å². The van der Waals surface area contributed by atoms with Crippen molar-refractivity contribution >= 4 is 15.9 Å².